The molecule has 0 saturated carbocycles. The van der Waals surface area contributed by atoms with Crippen LogP contribution in [0.2, 0.25) is 0 Å². The summed E-state index contributed by atoms with van der Waals surface area (Å²) in [5, 5.41) is 18.5. The molecule has 0 spiro atoms. The van der Waals surface area contributed by atoms with Gasteiger partial charge in [0.15, 0.2) is 0 Å². The van der Waals surface area contributed by atoms with Crippen molar-refractivity contribution in [3.8, 4) is 0 Å². The van der Waals surface area contributed by atoms with E-state index in [4.69, 9.17) is 9.84 Å². The van der Waals surface area contributed by atoms with Crippen LogP contribution < -0.4 is 0 Å². The molecule has 0 bridgehead atoms. The maximum absolute atomic E-state index is 10.8. The number of hydrogen-bond acceptors (Lipinski definition) is 3. The molecule has 17 heavy (non-hydrogen) atoms. The third kappa shape index (κ3) is 4.54. The lowest BCUT2D eigenvalue weighted by molar-refractivity contribution is -0.147. The Morgan fingerprint density at radius 1 is 1.35 bits per heavy atom. The Balaban J connectivity index is 2.33. The minimum absolute atomic E-state index is 0.0414. The second-order valence-corrected chi connectivity index (χ2v) is 3.92. The predicted octanol–water partition coefficient (Wildman–Crippen LogP) is 1.67. The smallest absolute Gasteiger partial charge is 0.309 e. The fourth-order valence-corrected chi connectivity index (χ4v) is 1.60. The number of hydrogen-bond donors (Lipinski definition) is 2. The van der Waals surface area contributed by atoms with E-state index in [0.717, 1.165) is 5.56 Å². The predicted molar refractivity (Wildman–Crippen MR) is 63.5 cm³/mol. The molecule has 2 atom stereocenters. The van der Waals surface area contributed by atoms with Gasteiger partial charge in [0, 0.05) is 0 Å². The largest absolute Gasteiger partial charge is 0.481 e. The normalized spacial score (nSPS) is 14.2. The third-order valence-corrected chi connectivity index (χ3v) is 2.62. The fourth-order valence-electron chi connectivity index (χ4n) is 1.60. The second-order valence-electron chi connectivity index (χ2n) is 3.92. The van der Waals surface area contributed by atoms with Crippen molar-refractivity contribution < 1.29 is 19.7 Å². The molecule has 94 valence electrons. The maximum Gasteiger partial charge on any atom is 0.309 e. The number of benzene rings is 1. The lowest BCUT2D eigenvalue weighted by Crippen LogP contribution is -2.31. The number of rotatable bonds is 7. The third-order valence-electron chi connectivity index (χ3n) is 2.62. The molecule has 4 heteroatoms. The van der Waals surface area contributed by atoms with Crippen molar-refractivity contribution in [3.63, 3.8) is 0 Å². The van der Waals surface area contributed by atoms with Gasteiger partial charge in [0.05, 0.1) is 25.2 Å². The first kappa shape index (κ1) is 13.7. The molecule has 0 aromatic heterocycles. The Morgan fingerprint density at radius 2 is 2.00 bits per heavy atom. The van der Waals surface area contributed by atoms with Crippen LogP contribution in [0.25, 0.3) is 0 Å². The Kier molecular flexibility index (Phi) is 5.66. The van der Waals surface area contributed by atoms with Gasteiger partial charge in [0.25, 0.3) is 0 Å². The summed E-state index contributed by atoms with van der Waals surface area (Å²) in [6.07, 6.45) is -0.563. The quantitative estimate of drug-likeness (QED) is 0.758. The summed E-state index contributed by atoms with van der Waals surface area (Å²) < 4.78 is 5.30. The van der Waals surface area contributed by atoms with E-state index in [-0.39, 0.29) is 6.61 Å². The van der Waals surface area contributed by atoms with Crippen LogP contribution in [0, 0.1) is 5.92 Å². The standard InChI is InChI=1S/C13H18O4/c1-2-11(13(15)16)12(14)9-17-8-10-6-4-3-5-7-10/h3-7,11-12,14H,2,8-9H2,1H3,(H,15,16)/t11-,12?/m1/s1. The first-order valence-electron chi connectivity index (χ1n) is 5.67. The van der Waals surface area contributed by atoms with Crippen LogP contribution in [0.4, 0.5) is 0 Å². The molecule has 0 saturated heterocycles. The zero-order chi connectivity index (χ0) is 12.7. The molecule has 0 fully saturated rings. The Hall–Kier alpha value is -1.39. The molecule has 0 aliphatic rings. The number of aliphatic hydroxyl groups is 1. The fraction of sp³-hybridized carbons (Fsp3) is 0.462. The minimum atomic E-state index is -0.983. The molecule has 0 radical (unpaired) electrons. The first-order valence-corrected chi connectivity index (χ1v) is 5.67. The van der Waals surface area contributed by atoms with Gasteiger partial charge in [-0.05, 0) is 12.0 Å². The average molecular weight is 238 g/mol. The number of carbonyl (C=O) groups is 1. The van der Waals surface area contributed by atoms with Crippen molar-refractivity contribution in [2.45, 2.75) is 26.1 Å². The topological polar surface area (TPSA) is 66.8 Å². The summed E-state index contributed by atoms with van der Waals surface area (Å²) >= 11 is 0. The van der Waals surface area contributed by atoms with Gasteiger partial charge < -0.3 is 14.9 Å². The number of aliphatic hydroxyl groups excluding tert-OH is 1. The zero-order valence-electron chi connectivity index (χ0n) is 9.87. The van der Waals surface area contributed by atoms with Gasteiger partial charge in [-0.15, -0.1) is 0 Å². The van der Waals surface area contributed by atoms with E-state index < -0.39 is 18.0 Å². The van der Waals surface area contributed by atoms with Crippen molar-refractivity contribution in [1.82, 2.24) is 0 Å². The highest BCUT2D eigenvalue weighted by atomic mass is 16.5. The molecule has 1 rings (SSSR count). The van der Waals surface area contributed by atoms with E-state index in [1.165, 1.54) is 0 Å². The summed E-state index contributed by atoms with van der Waals surface area (Å²) in [4.78, 5) is 10.8. The average Bonchev–Trinajstić information content (AvgIpc) is 2.30. The van der Waals surface area contributed by atoms with Crippen molar-refractivity contribution in [3.05, 3.63) is 35.9 Å². The highest BCUT2D eigenvalue weighted by Gasteiger charge is 2.24. The summed E-state index contributed by atoms with van der Waals surface area (Å²) in [7, 11) is 0. The lowest BCUT2D eigenvalue weighted by Gasteiger charge is -2.17. The first-order chi connectivity index (χ1) is 8.15. The van der Waals surface area contributed by atoms with Gasteiger partial charge in [-0.3, -0.25) is 4.79 Å². The lowest BCUT2D eigenvalue weighted by atomic mass is 10.0. The molecule has 1 aromatic carbocycles. The minimum Gasteiger partial charge on any atom is -0.481 e. The molecule has 0 amide bonds. The molecule has 4 nitrogen and oxygen atoms in total. The van der Waals surface area contributed by atoms with Crippen molar-refractivity contribution in [2.24, 2.45) is 5.92 Å². The van der Waals surface area contributed by atoms with Crippen LogP contribution in [-0.4, -0.2) is 28.9 Å². The number of carboxylic acids is 1. The van der Waals surface area contributed by atoms with Gasteiger partial charge in [-0.1, -0.05) is 37.3 Å². The molecule has 1 aromatic rings. The monoisotopic (exact) mass is 238 g/mol. The maximum atomic E-state index is 10.8. The number of aliphatic carboxylic acids is 1. The van der Waals surface area contributed by atoms with Crippen molar-refractivity contribution in [2.75, 3.05) is 6.61 Å². The molecule has 0 heterocycles. The SMILES string of the molecule is CC[C@@H](C(=O)O)C(O)COCc1ccccc1. The van der Waals surface area contributed by atoms with Gasteiger partial charge in [0.1, 0.15) is 0 Å². The molecular formula is C13H18O4. The summed E-state index contributed by atoms with van der Waals surface area (Å²) in [5.41, 5.74) is 1.00. The molecule has 0 aliphatic carbocycles. The van der Waals surface area contributed by atoms with E-state index in [9.17, 15) is 9.90 Å². The van der Waals surface area contributed by atoms with E-state index >= 15 is 0 Å². The van der Waals surface area contributed by atoms with Crippen LogP contribution >= 0.6 is 0 Å². The van der Waals surface area contributed by atoms with Gasteiger partial charge in [-0.25, -0.2) is 0 Å². The van der Waals surface area contributed by atoms with Crippen LogP contribution in [0.5, 0.6) is 0 Å². The second kappa shape index (κ2) is 7.04. The highest BCUT2D eigenvalue weighted by Crippen LogP contribution is 2.10. The Labute approximate surface area is 101 Å². The van der Waals surface area contributed by atoms with E-state index in [1.54, 1.807) is 6.92 Å². The van der Waals surface area contributed by atoms with Crippen molar-refractivity contribution >= 4 is 5.97 Å². The Bertz CT molecular complexity index is 337. The number of carboxylic acid groups (broad SMARTS) is 1. The molecule has 1 unspecified atom stereocenters. The molecular weight excluding hydrogens is 220 g/mol. The van der Waals surface area contributed by atoms with E-state index in [1.807, 2.05) is 30.3 Å². The van der Waals surface area contributed by atoms with Gasteiger partial charge >= 0.3 is 5.97 Å². The van der Waals surface area contributed by atoms with Crippen molar-refractivity contribution in [1.29, 1.82) is 0 Å². The van der Waals surface area contributed by atoms with Crippen LogP contribution in [0.3, 0.4) is 0 Å². The van der Waals surface area contributed by atoms with Crippen LogP contribution in [0.15, 0.2) is 30.3 Å². The van der Waals surface area contributed by atoms with Gasteiger partial charge in [-0.2, -0.15) is 0 Å². The van der Waals surface area contributed by atoms with E-state index in [2.05, 4.69) is 0 Å². The molecule has 0 aliphatic heterocycles. The summed E-state index contributed by atoms with van der Waals surface area (Å²) in [6.45, 7) is 2.16. The molecule has 2 N–H and O–H groups in total. The van der Waals surface area contributed by atoms with Crippen LogP contribution in [0.1, 0.15) is 18.9 Å². The van der Waals surface area contributed by atoms with Gasteiger partial charge in [0.2, 0.25) is 0 Å². The van der Waals surface area contributed by atoms with Crippen LogP contribution in [-0.2, 0) is 16.1 Å². The highest BCUT2D eigenvalue weighted by molar-refractivity contribution is 5.70. The Morgan fingerprint density at radius 3 is 2.53 bits per heavy atom. The zero-order valence-corrected chi connectivity index (χ0v) is 9.87. The number of ether oxygens (including phenoxy) is 1. The van der Waals surface area contributed by atoms with E-state index in [0.29, 0.717) is 13.0 Å². The summed E-state index contributed by atoms with van der Waals surface area (Å²) in [5.74, 6) is -1.74. The summed E-state index contributed by atoms with van der Waals surface area (Å²) in [6, 6.07) is 9.56.